The number of nitrogen functional groups attached to an aromatic ring is 1. The van der Waals surface area contributed by atoms with E-state index in [1.165, 1.54) is 7.11 Å². The van der Waals surface area contributed by atoms with Crippen LogP contribution in [0.2, 0.25) is 0 Å². The number of fused-ring (bicyclic) bond motifs is 1. The minimum absolute atomic E-state index is 0.244. The van der Waals surface area contributed by atoms with Crippen LogP contribution in [0, 0.1) is 0 Å². The van der Waals surface area contributed by atoms with E-state index in [1.54, 1.807) is 0 Å². The van der Waals surface area contributed by atoms with E-state index >= 15 is 0 Å². The molecule has 6 heteroatoms. The Kier molecular flexibility index (Phi) is 4.12. The molecule has 1 heterocycles. The second kappa shape index (κ2) is 5.81. The number of carbonyl (C=O) groups excluding carboxylic acids is 1. The molecular formula is C14H19N3O3. The fourth-order valence-electron chi connectivity index (χ4n) is 2.11. The van der Waals surface area contributed by atoms with Gasteiger partial charge in [0, 0.05) is 19.5 Å². The largest absolute Gasteiger partial charge is 0.492 e. The van der Waals surface area contributed by atoms with Crippen molar-refractivity contribution in [3.05, 3.63) is 18.0 Å². The Bertz CT molecular complexity index is 634. The van der Waals surface area contributed by atoms with Crippen LogP contribution in [0.5, 0.6) is 5.75 Å². The first-order chi connectivity index (χ1) is 9.56. The van der Waals surface area contributed by atoms with Crippen LogP contribution in [0.25, 0.3) is 11.0 Å². The van der Waals surface area contributed by atoms with Gasteiger partial charge in [-0.15, -0.1) is 0 Å². The predicted molar refractivity (Wildman–Crippen MR) is 76.6 cm³/mol. The van der Waals surface area contributed by atoms with Crippen LogP contribution < -0.4 is 10.5 Å². The van der Waals surface area contributed by atoms with Gasteiger partial charge in [-0.05, 0) is 13.0 Å². The Hall–Kier alpha value is -2.24. The van der Waals surface area contributed by atoms with Crippen LogP contribution in [0.15, 0.2) is 12.1 Å². The summed E-state index contributed by atoms with van der Waals surface area (Å²) in [6.45, 7) is 2.46. The first-order valence-electron chi connectivity index (χ1n) is 6.51. The van der Waals surface area contributed by atoms with Gasteiger partial charge in [0.1, 0.15) is 11.6 Å². The molecule has 108 valence electrons. The van der Waals surface area contributed by atoms with Gasteiger partial charge in [0.25, 0.3) is 0 Å². The molecule has 0 aliphatic rings. The molecule has 0 spiro atoms. The van der Waals surface area contributed by atoms with E-state index in [-0.39, 0.29) is 5.97 Å². The quantitative estimate of drug-likeness (QED) is 0.664. The highest BCUT2D eigenvalue weighted by Crippen LogP contribution is 2.28. The second-order valence-electron chi connectivity index (χ2n) is 4.47. The topological polar surface area (TPSA) is 79.4 Å². The number of ether oxygens (including phenoxy) is 2. The molecule has 2 rings (SSSR count). The second-order valence-corrected chi connectivity index (χ2v) is 4.47. The number of hydrogen-bond acceptors (Lipinski definition) is 5. The molecule has 6 nitrogen and oxygen atoms in total. The minimum atomic E-state index is -0.244. The Balaban J connectivity index is 2.34. The van der Waals surface area contributed by atoms with Crippen LogP contribution in [-0.2, 0) is 23.0 Å². The van der Waals surface area contributed by atoms with E-state index in [0.29, 0.717) is 30.9 Å². The number of benzene rings is 1. The van der Waals surface area contributed by atoms with E-state index in [9.17, 15) is 4.79 Å². The van der Waals surface area contributed by atoms with Crippen molar-refractivity contribution >= 4 is 22.7 Å². The number of aryl methyl sites for hydroxylation is 2. The molecule has 0 aliphatic carbocycles. The van der Waals surface area contributed by atoms with E-state index in [0.717, 1.165) is 16.9 Å². The predicted octanol–water partition coefficient (Wildman–Crippen LogP) is 1.66. The zero-order valence-electron chi connectivity index (χ0n) is 12.0. The first-order valence-corrected chi connectivity index (χ1v) is 6.51. The zero-order chi connectivity index (χ0) is 14.7. The highest BCUT2D eigenvalue weighted by atomic mass is 16.5. The Morgan fingerprint density at radius 2 is 2.20 bits per heavy atom. The minimum Gasteiger partial charge on any atom is -0.492 e. The van der Waals surface area contributed by atoms with E-state index in [2.05, 4.69) is 9.72 Å². The van der Waals surface area contributed by atoms with E-state index in [1.807, 2.05) is 30.7 Å². The number of hydrogen-bond donors (Lipinski definition) is 1. The lowest BCUT2D eigenvalue weighted by Crippen LogP contribution is -2.05. The summed E-state index contributed by atoms with van der Waals surface area (Å²) in [6.07, 6.45) is 0.836. The summed E-state index contributed by atoms with van der Waals surface area (Å²) < 4.78 is 12.0. The molecule has 0 atom stereocenters. The smallest absolute Gasteiger partial charge is 0.305 e. The summed E-state index contributed by atoms with van der Waals surface area (Å²) in [4.78, 5) is 15.7. The normalized spacial score (nSPS) is 10.8. The fraction of sp³-hybridized carbons (Fsp3) is 0.429. The summed E-state index contributed by atoms with van der Waals surface area (Å²) in [5, 5.41) is 0. The van der Waals surface area contributed by atoms with Gasteiger partial charge in [-0.25, -0.2) is 4.98 Å². The standard InChI is InChI=1S/C14H19N3O3/c1-4-20-12-8-10-11(7-9(12)15)17(2)13(16-10)5-6-14(18)19-3/h7-8H,4-6,15H2,1-3H3. The van der Waals surface area contributed by atoms with Crippen molar-refractivity contribution in [3.63, 3.8) is 0 Å². The number of esters is 1. The Morgan fingerprint density at radius 1 is 1.45 bits per heavy atom. The average Bonchev–Trinajstić information content (AvgIpc) is 2.73. The molecular weight excluding hydrogens is 258 g/mol. The maximum absolute atomic E-state index is 11.2. The van der Waals surface area contributed by atoms with Crippen molar-refractivity contribution < 1.29 is 14.3 Å². The van der Waals surface area contributed by atoms with Crippen LogP contribution in [-0.4, -0.2) is 29.2 Å². The zero-order valence-corrected chi connectivity index (χ0v) is 12.0. The van der Waals surface area contributed by atoms with Crippen LogP contribution in [0.4, 0.5) is 5.69 Å². The number of aromatic nitrogens is 2. The molecule has 0 unspecified atom stereocenters. The van der Waals surface area contributed by atoms with Crippen LogP contribution >= 0.6 is 0 Å². The van der Waals surface area contributed by atoms with Crippen LogP contribution in [0.1, 0.15) is 19.2 Å². The highest BCUT2D eigenvalue weighted by Gasteiger charge is 2.12. The van der Waals surface area contributed by atoms with Crippen molar-refractivity contribution in [1.29, 1.82) is 0 Å². The number of nitrogens with two attached hydrogens (primary N) is 1. The maximum Gasteiger partial charge on any atom is 0.305 e. The van der Waals surface area contributed by atoms with Crippen molar-refractivity contribution in [2.45, 2.75) is 19.8 Å². The molecule has 0 saturated heterocycles. The lowest BCUT2D eigenvalue weighted by molar-refractivity contribution is -0.140. The van der Waals surface area contributed by atoms with Gasteiger partial charge in [0.2, 0.25) is 0 Å². The number of imidazole rings is 1. The lowest BCUT2D eigenvalue weighted by Gasteiger charge is -2.06. The summed E-state index contributed by atoms with van der Waals surface area (Å²) in [5.74, 6) is 1.21. The van der Waals surface area contributed by atoms with Crippen molar-refractivity contribution in [1.82, 2.24) is 9.55 Å². The molecule has 0 fully saturated rings. The molecule has 0 bridgehead atoms. The number of nitrogens with zero attached hydrogens (tertiary/aromatic N) is 2. The SMILES string of the molecule is CCOc1cc2nc(CCC(=O)OC)n(C)c2cc1N. The molecule has 20 heavy (non-hydrogen) atoms. The van der Waals surface area contributed by atoms with Crippen molar-refractivity contribution in [2.24, 2.45) is 7.05 Å². The molecule has 2 N–H and O–H groups in total. The first kappa shape index (κ1) is 14.2. The van der Waals surface area contributed by atoms with Crippen molar-refractivity contribution in [2.75, 3.05) is 19.5 Å². The third-order valence-electron chi connectivity index (χ3n) is 3.19. The van der Waals surface area contributed by atoms with E-state index in [4.69, 9.17) is 10.5 Å². The van der Waals surface area contributed by atoms with Gasteiger partial charge in [-0.1, -0.05) is 0 Å². The summed E-state index contributed by atoms with van der Waals surface area (Å²) in [6, 6.07) is 3.67. The monoisotopic (exact) mass is 277 g/mol. The Labute approximate surface area is 117 Å². The number of carbonyl (C=O) groups is 1. The molecule has 1 aromatic heterocycles. The van der Waals surface area contributed by atoms with Gasteiger partial charge < -0.3 is 19.8 Å². The summed E-state index contributed by atoms with van der Waals surface area (Å²) >= 11 is 0. The Morgan fingerprint density at radius 3 is 2.85 bits per heavy atom. The summed E-state index contributed by atoms with van der Waals surface area (Å²) in [7, 11) is 3.29. The molecule has 0 saturated carbocycles. The molecule has 0 amide bonds. The maximum atomic E-state index is 11.2. The fourth-order valence-corrected chi connectivity index (χ4v) is 2.11. The molecule has 0 aliphatic heterocycles. The molecule has 1 aromatic carbocycles. The number of anilines is 1. The average molecular weight is 277 g/mol. The third kappa shape index (κ3) is 2.68. The highest BCUT2D eigenvalue weighted by molar-refractivity contribution is 5.83. The molecule has 2 aromatic rings. The summed E-state index contributed by atoms with van der Waals surface area (Å²) in [5.41, 5.74) is 8.27. The number of rotatable bonds is 5. The number of methoxy groups -OCH3 is 1. The van der Waals surface area contributed by atoms with Gasteiger partial charge >= 0.3 is 5.97 Å². The lowest BCUT2D eigenvalue weighted by atomic mass is 10.2. The molecule has 0 radical (unpaired) electrons. The van der Waals surface area contributed by atoms with Gasteiger partial charge in [-0.2, -0.15) is 0 Å². The third-order valence-corrected chi connectivity index (χ3v) is 3.19. The van der Waals surface area contributed by atoms with E-state index < -0.39 is 0 Å². The van der Waals surface area contributed by atoms with Crippen LogP contribution in [0.3, 0.4) is 0 Å². The van der Waals surface area contributed by atoms with Gasteiger partial charge in [0.05, 0.1) is 36.9 Å². The van der Waals surface area contributed by atoms with Gasteiger partial charge in [-0.3, -0.25) is 4.79 Å². The van der Waals surface area contributed by atoms with Crippen molar-refractivity contribution in [3.8, 4) is 5.75 Å². The van der Waals surface area contributed by atoms with Gasteiger partial charge in [0.15, 0.2) is 0 Å².